The van der Waals surface area contributed by atoms with Crippen LogP contribution in [0.15, 0.2) is 29.2 Å². The number of hydrogen-bond donors (Lipinski definition) is 1. The minimum atomic E-state index is -0.528. The van der Waals surface area contributed by atoms with Crippen molar-refractivity contribution in [3.63, 3.8) is 0 Å². The summed E-state index contributed by atoms with van der Waals surface area (Å²) in [6, 6.07) is 6.74. The summed E-state index contributed by atoms with van der Waals surface area (Å²) in [5.41, 5.74) is 0.475. The summed E-state index contributed by atoms with van der Waals surface area (Å²) in [5.74, 6) is -0.785. The highest BCUT2D eigenvalue weighted by Crippen LogP contribution is 2.10. The van der Waals surface area contributed by atoms with E-state index in [2.05, 4.69) is 17.4 Å². The second kappa shape index (κ2) is 4.81. The predicted molar refractivity (Wildman–Crippen MR) is 54.7 cm³/mol. The van der Waals surface area contributed by atoms with Crippen LogP contribution in [0.3, 0.4) is 0 Å². The van der Waals surface area contributed by atoms with Gasteiger partial charge >= 0.3 is 5.97 Å². The molecule has 0 spiro atoms. The van der Waals surface area contributed by atoms with Crippen LogP contribution in [0.2, 0.25) is 0 Å². The summed E-state index contributed by atoms with van der Waals surface area (Å²) in [6.07, 6.45) is -0.228. The Morgan fingerprint density at radius 3 is 2.71 bits per heavy atom. The number of thiol groups is 1. The van der Waals surface area contributed by atoms with Crippen molar-refractivity contribution in [2.75, 3.05) is 7.11 Å². The highest BCUT2D eigenvalue weighted by atomic mass is 32.1. The lowest BCUT2D eigenvalue weighted by atomic mass is 10.1. The second-order valence-corrected chi connectivity index (χ2v) is 3.24. The molecule has 0 fully saturated rings. The lowest BCUT2D eigenvalue weighted by Crippen LogP contribution is -2.09. The molecule has 4 heteroatoms. The standard InChI is InChI=1S/C10H10O3S/c1-13-10(12)6-9(11)7-3-2-4-8(14)5-7/h2-5,14H,6H2,1H3. The molecule has 0 heterocycles. The van der Waals surface area contributed by atoms with E-state index in [1.165, 1.54) is 7.11 Å². The second-order valence-electron chi connectivity index (χ2n) is 2.73. The fourth-order valence-electron chi connectivity index (χ4n) is 0.985. The van der Waals surface area contributed by atoms with Crippen molar-refractivity contribution in [3.8, 4) is 0 Å². The number of hydrogen-bond acceptors (Lipinski definition) is 4. The van der Waals surface area contributed by atoms with Crippen LogP contribution in [0.4, 0.5) is 0 Å². The maximum absolute atomic E-state index is 11.4. The van der Waals surface area contributed by atoms with Crippen LogP contribution in [0, 0.1) is 0 Å². The van der Waals surface area contributed by atoms with E-state index in [-0.39, 0.29) is 12.2 Å². The molecule has 0 bridgehead atoms. The van der Waals surface area contributed by atoms with Crippen LogP contribution < -0.4 is 0 Å². The normalized spacial score (nSPS) is 9.57. The van der Waals surface area contributed by atoms with Crippen molar-refractivity contribution in [1.29, 1.82) is 0 Å². The fourth-order valence-corrected chi connectivity index (χ4v) is 1.21. The Balaban J connectivity index is 2.75. The molecule has 0 saturated carbocycles. The molecule has 0 N–H and O–H groups in total. The van der Waals surface area contributed by atoms with Crippen molar-refractivity contribution in [2.24, 2.45) is 0 Å². The largest absolute Gasteiger partial charge is 0.469 e. The highest BCUT2D eigenvalue weighted by Gasteiger charge is 2.11. The van der Waals surface area contributed by atoms with Crippen LogP contribution >= 0.6 is 12.6 Å². The van der Waals surface area contributed by atoms with Gasteiger partial charge in [0, 0.05) is 10.5 Å². The van der Waals surface area contributed by atoms with E-state index in [0.29, 0.717) is 10.5 Å². The monoisotopic (exact) mass is 210 g/mol. The molecule has 0 atom stereocenters. The van der Waals surface area contributed by atoms with Crippen molar-refractivity contribution in [3.05, 3.63) is 29.8 Å². The van der Waals surface area contributed by atoms with Crippen LogP contribution in [-0.2, 0) is 9.53 Å². The molecule has 0 aliphatic rings. The first-order valence-electron chi connectivity index (χ1n) is 4.02. The Morgan fingerprint density at radius 2 is 2.14 bits per heavy atom. The number of esters is 1. The van der Waals surface area contributed by atoms with Gasteiger partial charge < -0.3 is 4.74 Å². The molecule has 0 aliphatic heterocycles. The first kappa shape index (κ1) is 10.8. The number of carbonyl (C=O) groups excluding carboxylic acids is 2. The van der Waals surface area contributed by atoms with E-state index in [0.717, 1.165) is 0 Å². The van der Waals surface area contributed by atoms with E-state index in [4.69, 9.17) is 0 Å². The van der Waals surface area contributed by atoms with Crippen molar-refractivity contribution < 1.29 is 14.3 Å². The Kier molecular flexibility index (Phi) is 3.71. The molecular weight excluding hydrogens is 200 g/mol. The van der Waals surface area contributed by atoms with Crippen molar-refractivity contribution >= 4 is 24.4 Å². The molecule has 3 nitrogen and oxygen atoms in total. The Morgan fingerprint density at radius 1 is 1.43 bits per heavy atom. The molecule has 0 radical (unpaired) electrons. The van der Waals surface area contributed by atoms with Gasteiger partial charge in [-0.15, -0.1) is 12.6 Å². The molecule has 0 aliphatic carbocycles. The lowest BCUT2D eigenvalue weighted by molar-refractivity contribution is -0.139. The molecule has 1 aromatic rings. The van der Waals surface area contributed by atoms with E-state index >= 15 is 0 Å². The third kappa shape index (κ3) is 2.88. The Labute approximate surface area is 87.5 Å². The van der Waals surface area contributed by atoms with Crippen LogP contribution in [0.5, 0.6) is 0 Å². The predicted octanol–water partition coefficient (Wildman–Crippen LogP) is 1.72. The van der Waals surface area contributed by atoms with Crippen LogP contribution in [0.25, 0.3) is 0 Å². The van der Waals surface area contributed by atoms with Gasteiger partial charge in [-0.3, -0.25) is 9.59 Å². The molecule has 0 unspecified atom stereocenters. The zero-order chi connectivity index (χ0) is 10.6. The molecule has 74 valence electrons. The number of rotatable bonds is 3. The number of benzene rings is 1. The number of methoxy groups -OCH3 is 1. The third-order valence-electron chi connectivity index (χ3n) is 1.70. The highest BCUT2D eigenvalue weighted by molar-refractivity contribution is 7.80. The van der Waals surface area contributed by atoms with Crippen molar-refractivity contribution in [1.82, 2.24) is 0 Å². The first-order valence-corrected chi connectivity index (χ1v) is 4.47. The molecular formula is C10H10O3S. The van der Waals surface area contributed by atoms with E-state index in [9.17, 15) is 9.59 Å². The summed E-state index contributed by atoms with van der Waals surface area (Å²) in [4.78, 5) is 22.9. The first-order chi connectivity index (χ1) is 6.63. The number of carbonyl (C=O) groups is 2. The van der Waals surface area contributed by atoms with Gasteiger partial charge in [0.15, 0.2) is 5.78 Å². The maximum Gasteiger partial charge on any atom is 0.313 e. The molecule has 14 heavy (non-hydrogen) atoms. The molecule has 1 aromatic carbocycles. The quantitative estimate of drug-likeness (QED) is 0.357. The van der Waals surface area contributed by atoms with Crippen LogP contribution in [-0.4, -0.2) is 18.9 Å². The maximum atomic E-state index is 11.4. The van der Waals surface area contributed by atoms with E-state index < -0.39 is 5.97 Å². The molecule has 0 saturated heterocycles. The van der Waals surface area contributed by atoms with Gasteiger partial charge in [0.25, 0.3) is 0 Å². The minimum absolute atomic E-state index is 0.228. The van der Waals surface area contributed by atoms with Crippen molar-refractivity contribution in [2.45, 2.75) is 11.3 Å². The van der Waals surface area contributed by atoms with Gasteiger partial charge in [-0.05, 0) is 12.1 Å². The zero-order valence-corrected chi connectivity index (χ0v) is 8.58. The van der Waals surface area contributed by atoms with Gasteiger partial charge in [-0.25, -0.2) is 0 Å². The van der Waals surface area contributed by atoms with Gasteiger partial charge in [-0.1, -0.05) is 12.1 Å². The van der Waals surface area contributed by atoms with E-state index in [1.807, 2.05) is 0 Å². The average molecular weight is 210 g/mol. The summed E-state index contributed by atoms with van der Waals surface area (Å²) in [5, 5.41) is 0. The molecule has 0 amide bonds. The van der Waals surface area contributed by atoms with Gasteiger partial charge in [0.05, 0.1) is 7.11 Å². The van der Waals surface area contributed by atoms with Gasteiger partial charge in [-0.2, -0.15) is 0 Å². The third-order valence-corrected chi connectivity index (χ3v) is 1.98. The number of Topliss-reactive ketones (excluding diaryl/α,β-unsaturated/α-hetero) is 1. The van der Waals surface area contributed by atoms with Gasteiger partial charge in [0.1, 0.15) is 6.42 Å². The molecule has 1 rings (SSSR count). The Hall–Kier alpha value is -1.29. The number of ether oxygens (including phenoxy) is 1. The zero-order valence-electron chi connectivity index (χ0n) is 7.69. The minimum Gasteiger partial charge on any atom is -0.469 e. The molecule has 0 aromatic heterocycles. The fraction of sp³-hybridized carbons (Fsp3) is 0.200. The van der Waals surface area contributed by atoms with E-state index in [1.54, 1.807) is 24.3 Å². The Bertz CT molecular complexity index is 360. The summed E-state index contributed by atoms with van der Waals surface area (Å²) < 4.78 is 4.39. The number of ketones is 1. The average Bonchev–Trinajstić information content (AvgIpc) is 2.17. The van der Waals surface area contributed by atoms with Crippen LogP contribution in [0.1, 0.15) is 16.8 Å². The van der Waals surface area contributed by atoms with Gasteiger partial charge in [0.2, 0.25) is 0 Å². The topological polar surface area (TPSA) is 43.4 Å². The lowest BCUT2D eigenvalue weighted by Gasteiger charge is -2.00. The summed E-state index contributed by atoms with van der Waals surface area (Å²) >= 11 is 4.09. The summed E-state index contributed by atoms with van der Waals surface area (Å²) in [6.45, 7) is 0. The SMILES string of the molecule is COC(=O)CC(=O)c1cccc(S)c1. The summed E-state index contributed by atoms with van der Waals surface area (Å²) in [7, 11) is 1.25. The smallest absolute Gasteiger partial charge is 0.313 e.